The van der Waals surface area contributed by atoms with Gasteiger partial charge in [0.05, 0.1) is 6.26 Å². The van der Waals surface area contributed by atoms with Gasteiger partial charge in [0.1, 0.15) is 12.1 Å². The molecule has 0 atom stereocenters. The Hall–Kier alpha value is -2.49. The normalized spacial score (nSPS) is 18.5. The number of hydrogen-bond donors (Lipinski definition) is 0. The van der Waals surface area contributed by atoms with Gasteiger partial charge in [0.2, 0.25) is 0 Å². The highest BCUT2D eigenvalue weighted by atomic mass is 16.5. The van der Waals surface area contributed by atoms with Gasteiger partial charge >= 0.3 is 0 Å². The zero-order valence-corrected chi connectivity index (χ0v) is 8.98. The van der Waals surface area contributed by atoms with Gasteiger partial charge in [-0.15, -0.1) is 0 Å². The zero-order valence-electron chi connectivity index (χ0n) is 8.98. The van der Waals surface area contributed by atoms with Crippen LogP contribution in [0, 0.1) is 0 Å². The molecule has 1 aromatic carbocycles. The molecular weight excluding hydrogens is 216 g/mol. The van der Waals surface area contributed by atoms with E-state index >= 15 is 0 Å². The van der Waals surface area contributed by atoms with Crippen molar-refractivity contribution in [3.8, 4) is 5.75 Å². The predicted molar refractivity (Wildman–Crippen MR) is 66.4 cm³/mol. The second-order valence-electron chi connectivity index (χ2n) is 3.22. The van der Waals surface area contributed by atoms with Crippen LogP contribution in [0.5, 0.6) is 5.75 Å². The topological polar surface area (TPSA) is 51.0 Å². The standard InChI is InChI=1S/C13H10N2O2/c16-12-5-7-14-10-15-9-11-3-1-2-4-13(11)17-8-6-12/h1-10H/b7-5-,8-6-,14-10?,15-9?. The first kappa shape index (κ1) is 11.0. The maximum Gasteiger partial charge on any atom is 0.183 e. The molecule has 0 radical (unpaired) electrons. The van der Waals surface area contributed by atoms with Gasteiger partial charge in [-0.05, 0) is 12.1 Å². The lowest BCUT2D eigenvalue weighted by atomic mass is 10.2. The number of para-hydroxylation sites is 1. The van der Waals surface area contributed by atoms with Gasteiger partial charge < -0.3 is 4.74 Å². The maximum absolute atomic E-state index is 11.2. The monoisotopic (exact) mass is 226 g/mol. The molecule has 17 heavy (non-hydrogen) atoms. The van der Waals surface area contributed by atoms with Crippen LogP contribution in [-0.2, 0) is 4.79 Å². The Morgan fingerprint density at radius 2 is 1.94 bits per heavy atom. The number of rotatable bonds is 0. The highest BCUT2D eigenvalue weighted by molar-refractivity contribution is 5.99. The van der Waals surface area contributed by atoms with Crippen molar-refractivity contribution in [1.29, 1.82) is 0 Å². The number of carbonyl (C=O) groups excluding carboxylic acids is 1. The fourth-order valence-electron chi connectivity index (χ4n) is 1.23. The van der Waals surface area contributed by atoms with E-state index in [4.69, 9.17) is 4.74 Å². The van der Waals surface area contributed by atoms with Gasteiger partial charge in [-0.2, -0.15) is 0 Å². The van der Waals surface area contributed by atoms with Crippen molar-refractivity contribution < 1.29 is 9.53 Å². The van der Waals surface area contributed by atoms with Crippen LogP contribution in [0.3, 0.4) is 0 Å². The first-order valence-corrected chi connectivity index (χ1v) is 5.04. The third-order valence-electron chi connectivity index (χ3n) is 2.02. The molecular formula is C13H10N2O2. The van der Waals surface area contributed by atoms with Crippen molar-refractivity contribution in [2.24, 2.45) is 9.98 Å². The molecule has 4 heteroatoms. The molecule has 1 aliphatic heterocycles. The van der Waals surface area contributed by atoms with Crippen LogP contribution in [0.4, 0.5) is 0 Å². The van der Waals surface area contributed by atoms with E-state index in [9.17, 15) is 4.79 Å². The summed E-state index contributed by atoms with van der Waals surface area (Å²) in [5.74, 6) is 0.447. The SMILES string of the molecule is O=C1/C=C\N=CN=Cc2ccccc2O/C=C\1. The van der Waals surface area contributed by atoms with Crippen molar-refractivity contribution in [1.82, 2.24) is 0 Å². The predicted octanol–water partition coefficient (Wildman–Crippen LogP) is 2.12. The van der Waals surface area contributed by atoms with Crippen LogP contribution in [-0.4, -0.2) is 18.3 Å². The summed E-state index contributed by atoms with van der Waals surface area (Å²) in [6.07, 6.45) is 8.42. The van der Waals surface area contributed by atoms with Crippen molar-refractivity contribution >= 4 is 18.3 Å². The van der Waals surface area contributed by atoms with E-state index in [0.29, 0.717) is 5.75 Å². The van der Waals surface area contributed by atoms with Crippen LogP contribution in [0.1, 0.15) is 5.56 Å². The molecule has 0 bridgehead atoms. The Morgan fingerprint density at radius 1 is 1.06 bits per heavy atom. The summed E-state index contributed by atoms with van der Waals surface area (Å²) in [7, 11) is 0. The van der Waals surface area contributed by atoms with Crippen molar-refractivity contribution in [2.75, 3.05) is 0 Å². The van der Waals surface area contributed by atoms with E-state index in [2.05, 4.69) is 9.98 Å². The van der Waals surface area contributed by atoms with Crippen molar-refractivity contribution in [3.05, 3.63) is 54.4 Å². The molecule has 4 nitrogen and oxygen atoms in total. The number of allylic oxidation sites excluding steroid dienone is 2. The lowest BCUT2D eigenvalue weighted by molar-refractivity contribution is -0.110. The minimum atomic E-state index is -0.191. The van der Waals surface area contributed by atoms with Gasteiger partial charge in [-0.25, -0.2) is 9.98 Å². The quantitative estimate of drug-likeness (QED) is 0.680. The summed E-state index contributed by atoms with van der Waals surface area (Å²) in [5.41, 5.74) is 0.820. The maximum atomic E-state index is 11.2. The average Bonchev–Trinajstić information content (AvgIpc) is 2.33. The van der Waals surface area contributed by atoms with E-state index in [1.165, 1.54) is 31.0 Å². The lowest BCUT2D eigenvalue weighted by Gasteiger charge is -2.03. The first-order valence-electron chi connectivity index (χ1n) is 5.04. The molecule has 0 unspecified atom stereocenters. The molecule has 0 amide bonds. The van der Waals surface area contributed by atoms with Crippen LogP contribution in [0.2, 0.25) is 0 Å². The van der Waals surface area contributed by atoms with E-state index in [0.717, 1.165) is 5.56 Å². The number of nitrogens with zero attached hydrogens (tertiary/aromatic N) is 2. The second kappa shape index (κ2) is 5.55. The van der Waals surface area contributed by atoms with Crippen LogP contribution >= 0.6 is 0 Å². The molecule has 0 fully saturated rings. The molecule has 1 aliphatic rings. The highest BCUT2D eigenvalue weighted by Crippen LogP contribution is 2.16. The van der Waals surface area contributed by atoms with Crippen molar-refractivity contribution in [3.63, 3.8) is 0 Å². The Morgan fingerprint density at radius 3 is 2.88 bits per heavy atom. The van der Waals surface area contributed by atoms with Gasteiger partial charge in [0, 0.05) is 30.1 Å². The fraction of sp³-hybridized carbons (Fsp3) is 0. The first-order chi connectivity index (χ1) is 8.36. The summed E-state index contributed by atoms with van der Waals surface area (Å²) in [5, 5.41) is 0. The second-order valence-corrected chi connectivity index (χ2v) is 3.22. The molecule has 0 spiro atoms. The molecule has 0 N–H and O–H groups in total. The lowest BCUT2D eigenvalue weighted by Crippen LogP contribution is -1.92. The molecule has 84 valence electrons. The number of benzene rings is 1. The van der Waals surface area contributed by atoms with E-state index < -0.39 is 0 Å². The van der Waals surface area contributed by atoms with Gasteiger partial charge in [0.25, 0.3) is 0 Å². The van der Waals surface area contributed by atoms with E-state index in [1.807, 2.05) is 18.2 Å². The Kier molecular flexibility index (Phi) is 3.60. The number of hydrogen-bond acceptors (Lipinski definition) is 4. The van der Waals surface area contributed by atoms with E-state index in [-0.39, 0.29) is 5.78 Å². The molecule has 0 saturated heterocycles. The smallest absolute Gasteiger partial charge is 0.183 e. The molecule has 2 rings (SSSR count). The minimum Gasteiger partial charge on any atom is -0.464 e. The summed E-state index contributed by atoms with van der Waals surface area (Å²) in [6, 6.07) is 7.40. The summed E-state index contributed by atoms with van der Waals surface area (Å²) >= 11 is 0. The molecule has 1 aromatic rings. The van der Waals surface area contributed by atoms with Gasteiger partial charge in [-0.3, -0.25) is 4.79 Å². The summed E-state index contributed by atoms with van der Waals surface area (Å²) in [4.78, 5) is 19.1. The highest BCUT2D eigenvalue weighted by Gasteiger charge is 1.98. The van der Waals surface area contributed by atoms with Gasteiger partial charge in [-0.1, -0.05) is 12.1 Å². The number of aliphatic imine (C=N–C) groups is 2. The Labute approximate surface area is 98.7 Å². The Balaban J connectivity index is 2.35. The van der Waals surface area contributed by atoms with Gasteiger partial charge in [0.15, 0.2) is 5.78 Å². The molecule has 0 saturated carbocycles. The largest absolute Gasteiger partial charge is 0.464 e. The Bertz CT molecular complexity index is 528. The third-order valence-corrected chi connectivity index (χ3v) is 2.02. The minimum absolute atomic E-state index is 0.191. The van der Waals surface area contributed by atoms with Crippen LogP contribution in [0.15, 0.2) is 58.9 Å². The number of ether oxygens (including phenoxy) is 1. The van der Waals surface area contributed by atoms with Crippen LogP contribution in [0.25, 0.3) is 0 Å². The average molecular weight is 226 g/mol. The zero-order chi connectivity index (χ0) is 11.9. The summed E-state index contributed by atoms with van der Waals surface area (Å²) in [6.45, 7) is 0. The number of carbonyl (C=O) groups is 1. The molecule has 0 aromatic heterocycles. The molecule has 0 aliphatic carbocycles. The number of fused-ring (bicyclic) bond motifs is 1. The van der Waals surface area contributed by atoms with Crippen LogP contribution < -0.4 is 4.74 Å². The van der Waals surface area contributed by atoms with Crippen molar-refractivity contribution in [2.45, 2.75) is 0 Å². The van der Waals surface area contributed by atoms with E-state index in [1.54, 1.807) is 12.3 Å². The fourth-order valence-corrected chi connectivity index (χ4v) is 1.23. The third kappa shape index (κ3) is 3.24. The number of ketones is 1. The molecule has 1 heterocycles. The summed E-state index contributed by atoms with van der Waals surface area (Å²) < 4.78 is 5.36.